The standard InChI is InChI=1S/C19H28F2O3Si/c1-14(13-16(22)23-5)19(20,21)17(15-11-9-8-10-12-15)24-25(6,7)18(2,3)4/h8-13,17H,1-7H3/b14-13-/t17-/m0/s1. The highest BCUT2D eigenvalue weighted by atomic mass is 28.4. The minimum absolute atomic E-state index is 0.226. The molecule has 0 aliphatic heterocycles. The van der Waals surface area contributed by atoms with Crippen molar-refractivity contribution < 1.29 is 22.7 Å². The zero-order valence-corrected chi connectivity index (χ0v) is 17.0. The van der Waals surface area contributed by atoms with Crippen LogP contribution in [0.4, 0.5) is 8.78 Å². The first kappa shape index (κ1) is 21.5. The van der Waals surface area contributed by atoms with E-state index in [1.807, 2.05) is 33.9 Å². The van der Waals surface area contributed by atoms with Crippen molar-refractivity contribution in [2.75, 3.05) is 7.11 Å². The van der Waals surface area contributed by atoms with Crippen LogP contribution in [-0.2, 0) is 14.0 Å². The number of rotatable bonds is 6. The molecule has 0 aliphatic rings. The molecule has 0 fully saturated rings. The van der Waals surface area contributed by atoms with Crippen molar-refractivity contribution in [3.63, 3.8) is 0 Å². The molecule has 0 bridgehead atoms. The molecule has 0 N–H and O–H groups in total. The van der Waals surface area contributed by atoms with Crippen LogP contribution in [0.25, 0.3) is 0 Å². The van der Waals surface area contributed by atoms with E-state index in [1.54, 1.807) is 30.3 Å². The van der Waals surface area contributed by atoms with E-state index in [-0.39, 0.29) is 10.6 Å². The van der Waals surface area contributed by atoms with E-state index in [0.717, 1.165) is 13.2 Å². The van der Waals surface area contributed by atoms with E-state index in [9.17, 15) is 4.79 Å². The predicted molar refractivity (Wildman–Crippen MR) is 98.2 cm³/mol. The van der Waals surface area contributed by atoms with Crippen LogP contribution in [0.15, 0.2) is 42.0 Å². The molecule has 0 unspecified atom stereocenters. The highest BCUT2D eigenvalue weighted by molar-refractivity contribution is 6.74. The summed E-state index contributed by atoms with van der Waals surface area (Å²) in [4.78, 5) is 11.4. The zero-order chi connectivity index (χ0) is 19.5. The highest BCUT2D eigenvalue weighted by Gasteiger charge is 2.49. The first-order valence-corrected chi connectivity index (χ1v) is 11.1. The van der Waals surface area contributed by atoms with E-state index in [0.29, 0.717) is 5.56 Å². The van der Waals surface area contributed by atoms with Crippen molar-refractivity contribution in [3.8, 4) is 0 Å². The second kappa shape index (κ2) is 7.79. The van der Waals surface area contributed by atoms with Gasteiger partial charge in [-0.3, -0.25) is 0 Å². The molecule has 0 amide bonds. The molecule has 25 heavy (non-hydrogen) atoms. The largest absolute Gasteiger partial charge is 0.466 e. The lowest BCUT2D eigenvalue weighted by molar-refractivity contribution is -0.135. The summed E-state index contributed by atoms with van der Waals surface area (Å²) in [5, 5.41) is -0.226. The van der Waals surface area contributed by atoms with Crippen LogP contribution in [-0.4, -0.2) is 27.3 Å². The Labute approximate surface area is 150 Å². The smallest absolute Gasteiger partial charge is 0.330 e. The molecular weight excluding hydrogens is 342 g/mol. The average molecular weight is 371 g/mol. The summed E-state index contributed by atoms with van der Waals surface area (Å²) in [6.07, 6.45) is -0.638. The van der Waals surface area contributed by atoms with Crippen LogP contribution in [0.2, 0.25) is 18.1 Å². The Bertz CT molecular complexity index is 619. The molecule has 0 radical (unpaired) electrons. The van der Waals surface area contributed by atoms with Crippen molar-refractivity contribution in [1.29, 1.82) is 0 Å². The van der Waals surface area contributed by atoms with Crippen LogP contribution < -0.4 is 0 Å². The van der Waals surface area contributed by atoms with Gasteiger partial charge in [-0.25, -0.2) is 4.79 Å². The van der Waals surface area contributed by atoms with Crippen molar-refractivity contribution in [3.05, 3.63) is 47.5 Å². The van der Waals surface area contributed by atoms with Gasteiger partial charge in [0.2, 0.25) is 0 Å². The second-order valence-corrected chi connectivity index (χ2v) is 12.4. The number of hydrogen-bond donors (Lipinski definition) is 0. The summed E-state index contributed by atoms with van der Waals surface area (Å²) in [5.74, 6) is -4.15. The molecule has 0 spiro atoms. The van der Waals surface area contributed by atoms with Gasteiger partial charge < -0.3 is 9.16 Å². The SMILES string of the molecule is COC(=O)/C=C(/C)C(F)(F)[C@@H](O[Si](C)(C)C(C)(C)C)c1ccccc1. The molecule has 1 atom stereocenters. The lowest BCUT2D eigenvalue weighted by Gasteiger charge is -2.41. The molecule has 1 aromatic carbocycles. The molecular formula is C19H28F2O3Si. The predicted octanol–water partition coefficient (Wildman–Crippen LogP) is 5.50. The number of halogens is 2. The minimum Gasteiger partial charge on any atom is -0.466 e. The Kier molecular flexibility index (Phi) is 6.70. The second-order valence-electron chi connectivity index (χ2n) is 7.64. The van der Waals surface area contributed by atoms with Gasteiger partial charge in [-0.2, -0.15) is 8.78 Å². The number of carbonyl (C=O) groups is 1. The number of alkyl halides is 2. The first-order chi connectivity index (χ1) is 11.3. The topological polar surface area (TPSA) is 35.5 Å². The van der Waals surface area contributed by atoms with Gasteiger partial charge in [0.05, 0.1) is 7.11 Å². The Balaban J connectivity index is 3.37. The molecule has 3 nitrogen and oxygen atoms in total. The zero-order valence-electron chi connectivity index (χ0n) is 16.0. The quantitative estimate of drug-likeness (QED) is 0.377. The van der Waals surface area contributed by atoms with E-state index in [4.69, 9.17) is 4.43 Å². The molecule has 0 aliphatic carbocycles. The lowest BCUT2D eigenvalue weighted by Crippen LogP contribution is -2.45. The molecule has 6 heteroatoms. The van der Waals surface area contributed by atoms with Gasteiger partial charge >= 0.3 is 5.97 Å². The molecule has 1 aromatic rings. The molecule has 0 saturated carbocycles. The summed E-state index contributed by atoms with van der Waals surface area (Å²) in [7, 11) is -1.32. The van der Waals surface area contributed by atoms with Crippen molar-refractivity contribution in [1.82, 2.24) is 0 Å². The minimum atomic E-state index is -3.34. The maximum absolute atomic E-state index is 15.2. The highest BCUT2D eigenvalue weighted by Crippen LogP contribution is 2.46. The van der Waals surface area contributed by atoms with Crippen LogP contribution >= 0.6 is 0 Å². The van der Waals surface area contributed by atoms with Gasteiger partial charge in [0.25, 0.3) is 5.92 Å². The average Bonchev–Trinajstić information content (AvgIpc) is 2.52. The normalized spacial score (nSPS) is 15.0. The van der Waals surface area contributed by atoms with Crippen molar-refractivity contribution in [2.24, 2.45) is 0 Å². The van der Waals surface area contributed by atoms with Gasteiger partial charge in [-0.05, 0) is 30.6 Å². The van der Waals surface area contributed by atoms with E-state index in [2.05, 4.69) is 4.74 Å². The van der Waals surface area contributed by atoms with Gasteiger partial charge in [0.1, 0.15) is 6.10 Å². The number of hydrogen-bond acceptors (Lipinski definition) is 3. The number of methoxy groups -OCH3 is 1. The molecule has 0 saturated heterocycles. The summed E-state index contributed by atoms with van der Waals surface area (Å²) in [5.41, 5.74) is 0.00172. The molecule has 0 heterocycles. The van der Waals surface area contributed by atoms with Crippen LogP contribution in [0.5, 0.6) is 0 Å². The number of benzene rings is 1. The lowest BCUT2D eigenvalue weighted by atomic mass is 9.98. The Morgan fingerprint density at radius 2 is 1.68 bits per heavy atom. The van der Waals surface area contributed by atoms with E-state index < -0.39 is 26.3 Å². The Hall–Kier alpha value is -1.53. The summed E-state index contributed by atoms with van der Waals surface area (Å²) < 4.78 is 41.0. The third kappa shape index (κ3) is 5.22. The monoisotopic (exact) mass is 370 g/mol. The fourth-order valence-electron chi connectivity index (χ4n) is 1.99. The maximum Gasteiger partial charge on any atom is 0.330 e. The third-order valence-corrected chi connectivity index (χ3v) is 9.15. The Morgan fingerprint density at radius 1 is 1.16 bits per heavy atom. The van der Waals surface area contributed by atoms with Crippen molar-refractivity contribution in [2.45, 2.75) is 57.9 Å². The van der Waals surface area contributed by atoms with Crippen LogP contribution in [0.1, 0.15) is 39.4 Å². The van der Waals surface area contributed by atoms with Gasteiger partial charge in [-0.1, -0.05) is 51.1 Å². The summed E-state index contributed by atoms with van der Waals surface area (Å²) in [6.45, 7) is 11.1. The molecule has 1 rings (SSSR count). The number of esters is 1. The first-order valence-electron chi connectivity index (χ1n) is 8.20. The maximum atomic E-state index is 15.2. The van der Waals surface area contributed by atoms with E-state index in [1.165, 1.54) is 6.92 Å². The summed E-state index contributed by atoms with van der Waals surface area (Å²) >= 11 is 0. The van der Waals surface area contributed by atoms with Gasteiger partial charge in [0, 0.05) is 11.6 Å². The number of carbonyl (C=O) groups excluding carboxylic acids is 1. The van der Waals surface area contributed by atoms with E-state index >= 15 is 8.78 Å². The summed E-state index contributed by atoms with van der Waals surface area (Å²) in [6, 6.07) is 8.41. The molecule has 0 aromatic heterocycles. The molecule has 140 valence electrons. The van der Waals surface area contributed by atoms with Crippen LogP contribution in [0, 0.1) is 0 Å². The van der Waals surface area contributed by atoms with Crippen molar-refractivity contribution >= 4 is 14.3 Å². The number of ether oxygens (including phenoxy) is 1. The third-order valence-electron chi connectivity index (χ3n) is 4.71. The fourth-order valence-corrected chi connectivity index (χ4v) is 3.22. The van der Waals surface area contributed by atoms with Gasteiger partial charge in [0.15, 0.2) is 8.32 Å². The fraction of sp³-hybridized carbons (Fsp3) is 0.526. The van der Waals surface area contributed by atoms with Gasteiger partial charge in [-0.15, -0.1) is 0 Å². The van der Waals surface area contributed by atoms with Crippen LogP contribution in [0.3, 0.4) is 0 Å². The Morgan fingerprint density at radius 3 is 2.12 bits per heavy atom.